The van der Waals surface area contributed by atoms with Crippen LogP contribution < -0.4 is 0 Å². The molecule has 0 aliphatic heterocycles. The van der Waals surface area contributed by atoms with Crippen molar-refractivity contribution in [1.29, 1.82) is 0 Å². The van der Waals surface area contributed by atoms with E-state index < -0.39 is 12.3 Å². The first kappa shape index (κ1) is 10.3. The zero-order valence-electron chi connectivity index (χ0n) is 6.30. The Morgan fingerprint density at radius 2 is 1.45 bits per heavy atom. The lowest BCUT2D eigenvalue weighted by atomic mass is 10.4. The minimum absolute atomic E-state index is 0.141. The normalized spacial score (nSPS) is 15.5. The van der Waals surface area contributed by atoms with Gasteiger partial charge in [-0.15, -0.1) is 13.2 Å². The molecule has 3 heteroatoms. The van der Waals surface area contributed by atoms with Crippen molar-refractivity contribution in [2.75, 3.05) is 13.2 Å². The second-order valence-corrected chi connectivity index (χ2v) is 2.04. The minimum Gasteiger partial charge on any atom is -0.375 e. The Labute approximate surface area is 65.4 Å². The summed E-state index contributed by atoms with van der Waals surface area (Å²) in [6.07, 6.45) is -0.207. The molecule has 0 N–H and O–H groups in total. The van der Waals surface area contributed by atoms with Gasteiger partial charge in [0.2, 0.25) is 0 Å². The lowest BCUT2D eigenvalue weighted by Gasteiger charge is -2.05. The van der Waals surface area contributed by atoms with Crippen LogP contribution >= 0.6 is 0 Å². The van der Waals surface area contributed by atoms with Crippen molar-refractivity contribution >= 4 is 0 Å². The van der Waals surface area contributed by atoms with Gasteiger partial charge in [0.25, 0.3) is 0 Å². The molecule has 0 aromatic heterocycles. The fourth-order valence-electron chi connectivity index (χ4n) is 0.429. The third kappa shape index (κ3) is 5.73. The fraction of sp³-hybridized carbons (Fsp3) is 0.500. The molecule has 0 saturated heterocycles. The summed E-state index contributed by atoms with van der Waals surface area (Å²) < 4.78 is 29.2. The zero-order valence-corrected chi connectivity index (χ0v) is 6.30. The molecular formula is C8H12F2O. The van der Waals surface area contributed by atoms with Crippen LogP contribution in [0.15, 0.2) is 25.3 Å². The van der Waals surface area contributed by atoms with Crippen molar-refractivity contribution in [3.8, 4) is 0 Å². The van der Waals surface area contributed by atoms with Crippen LogP contribution in [0.2, 0.25) is 0 Å². The highest BCUT2D eigenvalue weighted by molar-refractivity contribution is 4.80. The van der Waals surface area contributed by atoms with Crippen LogP contribution in [-0.4, -0.2) is 25.6 Å². The van der Waals surface area contributed by atoms with Gasteiger partial charge in [-0.25, -0.2) is 8.78 Å². The van der Waals surface area contributed by atoms with Crippen LogP contribution in [-0.2, 0) is 4.74 Å². The van der Waals surface area contributed by atoms with E-state index in [4.69, 9.17) is 0 Å². The van der Waals surface area contributed by atoms with Crippen LogP contribution in [0, 0.1) is 0 Å². The first-order valence-corrected chi connectivity index (χ1v) is 3.31. The number of rotatable bonds is 6. The lowest BCUT2D eigenvalue weighted by Crippen LogP contribution is -2.13. The summed E-state index contributed by atoms with van der Waals surface area (Å²) in [6, 6.07) is 0. The topological polar surface area (TPSA) is 9.23 Å². The monoisotopic (exact) mass is 162 g/mol. The number of hydrogen-bond donors (Lipinski definition) is 0. The molecule has 0 radical (unpaired) electrons. The van der Waals surface area contributed by atoms with Crippen molar-refractivity contribution in [1.82, 2.24) is 0 Å². The fourth-order valence-corrected chi connectivity index (χ4v) is 0.429. The number of hydrogen-bond acceptors (Lipinski definition) is 1. The zero-order chi connectivity index (χ0) is 8.69. The standard InChI is InChI=1S/C8H12F2O/c1-3-7(9)5-11-6-8(10)4-2/h3-4,7-8H,1-2,5-6H2. The molecule has 0 fully saturated rings. The van der Waals surface area contributed by atoms with Crippen LogP contribution in [0.3, 0.4) is 0 Å². The van der Waals surface area contributed by atoms with Gasteiger partial charge in [-0.2, -0.15) is 0 Å². The minimum atomic E-state index is -1.22. The summed E-state index contributed by atoms with van der Waals surface area (Å²) >= 11 is 0. The van der Waals surface area contributed by atoms with Crippen molar-refractivity contribution < 1.29 is 13.5 Å². The van der Waals surface area contributed by atoms with E-state index >= 15 is 0 Å². The Hall–Kier alpha value is -0.700. The maximum absolute atomic E-state index is 12.3. The summed E-state index contributed by atoms with van der Waals surface area (Å²) in [5.74, 6) is 0. The van der Waals surface area contributed by atoms with Crippen LogP contribution in [0.25, 0.3) is 0 Å². The van der Waals surface area contributed by atoms with E-state index in [1.807, 2.05) is 0 Å². The molecule has 11 heavy (non-hydrogen) atoms. The molecule has 0 bridgehead atoms. The molecule has 0 amide bonds. The molecule has 0 aromatic carbocycles. The van der Waals surface area contributed by atoms with E-state index in [1.54, 1.807) is 0 Å². The van der Waals surface area contributed by atoms with Gasteiger partial charge < -0.3 is 4.74 Å². The summed E-state index contributed by atoms with van der Waals surface area (Å²) in [4.78, 5) is 0. The molecular weight excluding hydrogens is 150 g/mol. The van der Waals surface area contributed by atoms with E-state index in [9.17, 15) is 8.78 Å². The van der Waals surface area contributed by atoms with Crippen LogP contribution in [0.5, 0.6) is 0 Å². The van der Waals surface area contributed by atoms with Crippen molar-refractivity contribution in [2.24, 2.45) is 0 Å². The first-order valence-electron chi connectivity index (χ1n) is 3.31. The summed E-state index contributed by atoms with van der Waals surface area (Å²) in [5.41, 5.74) is 0. The smallest absolute Gasteiger partial charge is 0.141 e. The van der Waals surface area contributed by atoms with Gasteiger partial charge in [-0.3, -0.25) is 0 Å². The Morgan fingerprint density at radius 1 is 1.09 bits per heavy atom. The third-order valence-corrected chi connectivity index (χ3v) is 1.07. The highest BCUT2D eigenvalue weighted by atomic mass is 19.1. The number of halogens is 2. The average molecular weight is 162 g/mol. The molecule has 2 atom stereocenters. The predicted molar refractivity (Wildman–Crippen MR) is 41.0 cm³/mol. The first-order chi connectivity index (χ1) is 5.20. The van der Waals surface area contributed by atoms with Gasteiger partial charge in [0.05, 0.1) is 13.2 Å². The SMILES string of the molecule is C=CC(F)COCC(F)C=C. The highest BCUT2D eigenvalue weighted by Gasteiger charge is 2.03. The largest absolute Gasteiger partial charge is 0.375 e. The van der Waals surface area contributed by atoms with E-state index in [-0.39, 0.29) is 13.2 Å². The molecule has 2 unspecified atom stereocenters. The Bertz CT molecular complexity index is 111. The Kier molecular flexibility index (Phi) is 5.65. The molecule has 0 heterocycles. The van der Waals surface area contributed by atoms with Crippen LogP contribution in [0.1, 0.15) is 0 Å². The van der Waals surface area contributed by atoms with Gasteiger partial charge in [0, 0.05) is 0 Å². The van der Waals surface area contributed by atoms with E-state index in [2.05, 4.69) is 17.9 Å². The second kappa shape index (κ2) is 6.04. The van der Waals surface area contributed by atoms with Gasteiger partial charge in [0.15, 0.2) is 0 Å². The van der Waals surface area contributed by atoms with Crippen LogP contribution in [0.4, 0.5) is 8.78 Å². The summed E-state index contributed by atoms with van der Waals surface area (Å²) in [5, 5.41) is 0. The second-order valence-electron chi connectivity index (χ2n) is 2.04. The van der Waals surface area contributed by atoms with Gasteiger partial charge in [-0.1, -0.05) is 12.2 Å². The molecule has 1 nitrogen and oxygen atoms in total. The maximum Gasteiger partial charge on any atom is 0.141 e. The maximum atomic E-state index is 12.3. The third-order valence-electron chi connectivity index (χ3n) is 1.07. The molecule has 0 spiro atoms. The molecule has 0 rings (SSSR count). The predicted octanol–water partition coefficient (Wildman–Crippen LogP) is 2.05. The van der Waals surface area contributed by atoms with Crippen molar-refractivity contribution in [3.05, 3.63) is 25.3 Å². The Balaban J connectivity index is 3.26. The quantitative estimate of drug-likeness (QED) is 0.543. The molecule has 64 valence electrons. The Morgan fingerprint density at radius 3 is 1.73 bits per heavy atom. The van der Waals surface area contributed by atoms with Crippen molar-refractivity contribution in [2.45, 2.75) is 12.3 Å². The number of alkyl halides is 2. The average Bonchev–Trinajstić information content (AvgIpc) is 2.04. The van der Waals surface area contributed by atoms with Gasteiger partial charge in [-0.05, 0) is 0 Å². The molecule has 0 aliphatic rings. The van der Waals surface area contributed by atoms with Crippen molar-refractivity contribution in [3.63, 3.8) is 0 Å². The summed E-state index contributed by atoms with van der Waals surface area (Å²) in [7, 11) is 0. The molecule has 0 aliphatic carbocycles. The summed E-state index contributed by atoms with van der Waals surface area (Å²) in [6.45, 7) is 6.14. The van der Waals surface area contributed by atoms with E-state index in [1.165, 1.54) is 0 Å². The number of ether oxygens (including phenoxy) is 1. The highest BCUT2D eigenvalue weighted by Crippen LogP contribution is 1.96. The lowest BCUT2D eigenvalue weighted by molar-refractivity contribution is 0.0695. The van der Waals surface area contributed by atoms with Gasteiger partial charge in [0.1, 0.15) is 12.3 Å². The van der Waals surface area contributed by atoms with E-state index in [0.29, 0.717) is 0 Å². The van der Waals surface area contributed by atoms with E-state index in [0.717, 1.165) is 12.2 Å². The molecule has 0 saturated carbocycles. The molecule has 0 aromatic rings. The van der Waals surface area contributed by atoms with Gasteiger partial charge >= 0.3 is 0 Å².